The third kappa shape index (κ3) is 4.80. The molecule has 8 nitrogen and oxygen atoms in total. The standard InChI is InChI=1S/C24H27N5O3/c1-24(2,3)32-23(31)28-13-14-29(20(17-28)18-7-6-10-25-15-18)22(30)19-8-9-21(26-16-19)27-11-4-5-12-27/h4-12,15-16,20H,13-14,17H2,1-3H3. The molecule has 0 aromatic carbocycles. The normalized spacial score (nSPS) is 16.7. The Labute approximate surface area is 187 Å². The minimum atomic E-state index is -0.582. The van der Waals surface area contributed by atoms with E-state index in [2.05, 4.69) is 9.97 Å². The highest BCUT2D eigenvalue weighted by atomic mass is 16.6. The van der Waals surface area contributed by atoms with Gasteiger partial charge in [0.15, 0.2) is 0 Å². The second-order valence-electron chi connectivity index (χ2n) is 8.72. The van der Waals surface area contributed by atoms with Crippen molar-refractivity contribution in [1.29, 1.82) is 0 Å². The molecule has 4 heterocycles. The van der Waals surface area contributed by atoms with E-state index in [9.17, 15) is 9.59 Å². The number of nitrogens with zero attached hydrogens (tertiary/aromatic N) is 5. The Kier molecular flexibility index (Phi) is 5.94. The van der Waals surface area contributed by atoms with Gasteiger partial charge in [0, 0.05) is 50.6 Å². The van der Waals surface area contributed by atoms with Crippen LogP contribution in [0.2, 0.25) is 0 Å². The molecule has 1 atom stereocenters. The number of rotatable bonds is 3. The largest absolute Gasteiger partial charge is 0.444 e. The Morgan fingerprint density at radius 1 is 1.03 bits per heavy atom. The van der Waals surface area contributed by atoms with Crippen LogP contribution in [0, 0.1) is 0 Å². The maximum Gasteiger partial charge on any atom is 0.410 e. The predicted molar refractivity (Wildman–Crippen MR) is 119 cm³/mol. The number of ether oxygens (including phenoxy) is 1. The summed E-state index contributed by atoms with van der Waals surface area (Å²) in [6, 6.07) is 10.9. The van der Waals surface area contributed by atoms with Gasteiger partial charge in [-0.2, -0.15) is 0 Å². The summed E-state index contributed by atoms with van der Waals surface area (Å²) in [6.07, 6.45) is 8.44. The van der Waals surface area contributed by atoms with Crippen LogP contribution in [0.25, 0.3) is 5.82 Å². The molecule has 0 N–H and O–H groups in total. The van der Waals surface area contributed by atoms with Gasteiger partial charge in [0.25, 0.3) is 5.91 Å². The molecule has 0 spiro atoms. The molecule has 32 heavy (non-hydrogen) atoms. The van der Waals surface area contributed by atoms with Crippen LogP contribution in [0.3, 0.4) is 0 Å². The van der Waals surface area contributed by atoms with Crippen molar-refractivity contribution in [2.45, 2.75) is 32.4 Å². The molecule has 0 bridgehead atoms. The van der Waals surface area contributed by atoms with Gasteiger partial charge >= 0.3 is 6.09 Å². The van der Waals surface area contributed by atoms with Crippen molar-refractivity contribution in [3.05, 3.63) is 78.5 Å². The fraction of sp³-hybridized carbons (Fsp3) is 0.333. The first kappa shape index (κ1) is 21.5. The first-order valence-corrected chi connectivity index (χ1v) is 10.6. The Morgan fingerprint density at radius 3 is 2.44 bits per heavy atom. The lowest BCUT2D eigenvalue weighted by molar-refractivity contribution is 0.00404. The average molecular weight is 434 g/mol. The third-order valence-corrected chi connectivity index (χ3v) is 5.23. The van der Waals surface area contributed by atoms with Gasteiger partial charge in [-0.15, -0.1) is 0 Å². The van der Waals surface area contributed by atoms with Crippen LogP contribution in [-0.4, -0.2) is 61.6 Å². The molecule has 1 saturated heterocycles. The highest BCUT2D eigenvalue weighted by Gasteiger charge is 2.35. The summed E-state index contributed by atoms with van der Waals surface area (Å²) in [7, 11) is 0. The smallest absolute Gasteiger partial charge is 0.410 e. The summed E-state index contributed by atoms with van der Waals surface area (Å²) in [5, 5.41) is 0. The molecule has 1 fully saturated rings. The van der Waals surface area contributed by atoms with Crippen molar-refractivity contribution in [3.63, 3.8) is 0 Å². The van der Waals surface area contributed by atoms with Crippen LogP contribution >= 0.6 is 0 Å². The lowest BCUT2D eigenvalue weighted by atomic mass is 10.0. The van der Waals surface area contributed by atoms with Gasteiger partial charge in [0.2, 0.25) is 0 Å². The van der Waals surface area contributed by atoms with Gasteiger partial charge in [-0.05, 0) is 56.7 Å². The number of carbonyl (C=O) groups is 2. The third-order valence-electron chi connectivity index (χ3n) is 5.23. The molecule has 3 aromatic rings. The zero-order valence-corrected chi connectivity index (χ0v) is 18.5. The zero-order valence-electron chi connectivity index (χ0n) is 18.5. The predicted octanol–water partition coefficient (Wildman–Crippen LogP) is 3.70. The van der Waals surface area contributed by atoms with Crippen molar-refractivity contribution in [2.75, 3.05) is 19.6 Å². The molecule has 2 amide bonds. The van der Waals surface area contributed by atoms with E-state index < -0.39 is 5.60 Å². The number of piperazine rings is 1. The number of aromatic nitrogens is 3. The van der Waals surface area contributed by atoms with E-state index in [0.29, 0.717) is 25.2 Å². The molecule has 1 aliphatic heterocycles. The van der Waals surface area contributed by atoms with Crippen molar-refractivity contribution in [2.24, 2.45) is 0 Å². The van der Waals surface area contributed by atoms with E-state index in [4.69, 9.17) is 4.74 Å². The van der Waals surface area contributed by atoms with Crippen molar-refractivity contribution < 1.29 is 14.3 Å². The summed E-state index contributed by atoms with van der Waals surface area (Å²) in [5.74, 6) is 0.611. The minimum Gasteiger partial charge on any atom is -0.444 e. The van der Waals surface area contributed by atoms with Crippen molar-refractivity contribution in [1.82, 2.24) is 24.3 Å². The van der Waals surface area contributed by atoms with Crippen LogP contribution in [0.15, 0.2) is 67.4 Å². The molecule has 4 rings (SSSR count). The van der Waals surface area contributed by atoms with E-state index in [1.165, 1.54) is 0 Å². The number of pyridine rings is 2. The van der Waals surface area contributed by atoms with Gasteiger partial charge in [-0.3, -0.25) is 9.78 Å². The highest BCUT2D eigenvalue weighted by molar-refractivity contribution is 5.94. The van der Waals surface area contributed by atoms with Gasteiger partial charge in [0.1, 0.15) is 11.4 Å². The molecular weight excluding hydrogens is 406 g/mol. The summed E-state index contributed by atoms with van der Waals surface area (Å²) in [6.45, 7) is 6.64. The van der Waals surface area contributed by atoms with Crippen LogP contribution in [0.1, 0.15) is 42.7 Å². The molecule has 166 valence electrons. The van der Waals surface area contributed by atoms with Gasteiger partial charge in [-0.25, -0.2) is 9.78 Å². The van der Waals surface area contributed by atoms with E-state index in [-0.39, 0.29) is 18.0 Å². The number of hydrogen-bond donors (Lipinski definition) is 0. The Morgan fingerprint density at radius 2 is 1.81 bits per heavy atom. The Balaban J connectivity index is 1.56. The lowest BCUT2D eigenvalue weighted by Crippen LogP contribution is -2.53. The SMILES string of the molecule is CC(C)(C)OC(=O)N1CCN(C(=O)c2ccc(-n3cccc3)nc2)C(c2cccnc2)C1. The van der Waals surface area contributed by atoms with E-state index >= 15 is 0 Å². The fourth-order valence-corrected chi connectivity index (χ4v) is 3.70. The summed E-state index contributed by atoms with van der Waals surface area (Å²) >= 11 is 0. The van der Waals surface area contributed by atoms with Gasteiger partial charge < -0.3 is 19.1 Å². The molecular formula is C24H27N5O3. The summed E-state index contributed by atoms with van der Waals surface area (Å²) in [4.78, 5) is 38.1. The monoisotopic (exact) mass is 433 g/mol. The molecule has 3 aromatic heterocycles. The van der Waals surface area contributed by atoms with Crippen molar-refractivity contribution in [3.8, 4) is 5.82 Å². The van der Waals surface area contributed by atoms with E-state index in [1.54, 1.807) is 34.5 Å². The van der Waals surface area contributed by atoms with Gasteiger partial charge in [0.05, 0.1) is 11.6 Å². The van der Waals surface area contributed by atoms with Crippen LogP contribution < -0.4 is 0 Å². The van der Waals surface area contributed by atoms with Crippen molar-refractivity contribution >= 4 is 12.0 Å². The van der Waals surface area contributed by atoms with Crippen LogP contribution in [-0.2, 0) is 4.74 Å². The highest BCUT2D eigenvalue weighted by Crippen LogP contribution is 2.28. The first-order valence-electron chi connectivity index (χ1n) is 10.6. The minimum absolute atomic E-state index is 0.130. The first-order chi connectivity index (χ1) is 15.3. The number of hydrogen-bond acceptors (Lipinski definition) is 5. The zero-order chi connectivity index (χ0) is 22.7. The molecule has 1 aliphatic rings. The summed E-state index contributed by atoms with van der Waals surface area (Å²) in [5.41, 5.74) is 0.785. The second-order valence-corrected chi connectivity index (χ2v) is 8.72. The fourth-order valence-electron chi connectivity index (χ4n) is 3.70. The molecule has 8 heteroatoms. The quantitative estimate of drug-likeness (QED) is 0.629. The molecule has 0 saturated carbocycles. The van der Waals surface area contributed by atoms with Gasteiger partial charge in [-0.1, -0.05) is 6.07 Å². The van der Waals surface area contributed by atoms with E-state index in [1.807, 2.05) is 68.1 Å². The second kappa shape index (κ2) is 8.82. The maximum absolute atomic E-state index is 13.4. The van der Waals surface area contributed by atoms with Crippen LogP contribution in [0.5, 0.6) is 0 Å². The maximum atomic E-state index is 13.4. The van der Waals surface area contributed by atoms with Crippen LogP contribution in [0.4, 0.5) is 4.79 Å². The Bertz CT molecular complexity index is 1060. The summed E-state index contributed by atoms with van der Waals surface area (Å²) < 4.78 is 7.43. The topological polar surface area (TPSA) is 80.6 Å². The lowest BCUT2D eigenvalue weighted by Gasteiger charge is -2.41. The number of carbonyl (C=O) groups excluding carboxylic acids is 2. The molecule has 0 aliphatic carbocycles. The average Bonchev–Trinajstić information content (AvgIpc) is 3.33. The molecule has 1 unspecified atom stereocenters. The number of amides is 2. The molecule has 0 radical (unpaired) electrons. The van der Waals surface area contributed by atoms with E-state index in [0.717, 1.165) is 11.4 Å². The Hall–Kier alpha value is -3.68.